The number of rotatable bonds is 6. The lowest BCUT2D eigenvalue weighted by Gasteiger charge is -2.08. The number of hydrogen-bond acceptors (Lipinski definition) is 4. The van der Waals surface area contributed by atoms with Crippen LogP contribution in [0, 0.1) is 0 Å². The summed E-state index contributed by atoms with van der Waals surface area (Å²) in [4.78, 5) is 33.7. The highest BCUT2D eigenvalue weighted by Gasteiger charge is 2.35. The molecule has 1 rings (SSSR count). The molecule has 16 heavy (non-hydrogen) atoms. The van der Waals surface area contributed by atoms with Gasteiger partial charge in [-0.25, -0.2) is 0 Å². The Kier molecular flexibility index (Phi) is 5.15. The molecule has 1 aliphatic carbocycles. The van der Waals surface area contributed by atoms with E-state index in [0.29, 0.717) is 6.42 Å². The second kappa shape index (κ2) is 6.40. The number of carbonyl (C=O) groups excluding carboxylic acids is 3. The zero-order chi connectivity index (χ0) is 12.0. The highest BCUT2D eigenvalue weighted by atomic mass is 16.5. The smallest absolute Gasteiger partial charge is 0.306 e. The van der Waals surface area contributed by atoms with Gasteiger partial charge < -0.3 is 4.74 Å². The molecule has 4 nitrogen and oxygen atoms in total. The number of esters is 1. The molecule has 1 saturated carbocycles. The van der Waals surface area contributed by atoms with E-state index in [2.05, 4.69) is 6.92 Å². The van der Waals surface area contributed by atoms with Crippen LogP contribution in [0.25, 0.3) is 0 Å². The number of Topliss-reactive ketones (excluding diaryl/α,β-unsaturated/α-hetero) is 2. The quantitative estimate of drug-likeness (QED) is 0.393. The molecule has 0 unspecified atom stereocenters. The molecule has 0 spiro atoms. The zero-order valence-corrected chi connectivity index (χ0v) is 9.66. The van der Waals surface area contributed by atoms with Crippen LogP contribution in [0.4, 0.5) is 0 Å². The molecule has 0 N–H and O–H groups in total. The van der Waals surface area contributed by atoms with Crippen molar-refractivity contribution in [1.29, 1.82) is 0 Å². The molecule has 1 aliphatic rings. The molecule has 0 aromatic heterocycles. The highest BCUT2D eigenvalue weighted by Crippen LogP contribution is 2.15. The molecule has 0 amide bonds. The van der Waals surface area contributed by atoms with Gasteiger partial charge in [-0.2, -0.15) is 0 Å². The molecule has 90 valence electrons. The van der Waals surface area contributed by atoms with Crippen molar-refractivity contribution < 1.29 is 19.1 Å². The van der Waals surface area contributed by atoms with E-state index >= 15 is 0 Å². The third-order valence-corrected chi connectivity index (χ3v) is 2.69. The van der Waals surface area contributed by atoms with Gasteiger partial charge in [0.1, 0.15) is 0 Å². The predicted octanol–water partition coefficient (Wildman–Crippen LogP) is 1.80. The van der Waals surface area contributed by atoms with E-state index in [1.54, 1.807) is 0 Å². The Bertz CT molecular complexity index is 267. The molecule has 4 heteroatoms. The minimum Gasteiger partial charge on any atom is -0.446 e. The zero-order valence-electron chi connectivity index (χ0n) is 9.66. The fraction of sp³-hybridized carbons (Fsp3) is 0.750. The van der Waals surface area contributed by atoms with Crippen LogP contribution in [0.5, 0.6) is 0 Å². The van der Waals surface area contributed by atoms with Crippen molar-refractivity contribution in [2.24, 2.45) is 0 Å². The standard InChI is InChI=1S/C12H18O4/c1-2-3-4-5-6-11(15)16-12-9(13)7-8-10(12)14/h12H,2-8H2,1H3. The van der Waals surface area contributed by atoms with Crippen LogP contribution < -0.4 is 0 Å². The molecule has 0 heterocycles. The van der Waals surface area contributed by atoms with Gasteiger partial charge in [0.25, 0.3) is 0 Å². The molecular weight excluding hydrogens is 208 g/mol. The maximum Gasteiger partial charge on any atom is 0.306 e. The summed E-state index contributed by atoms with van der Waals surface area (Å²) in [6.45, 7) is 2.09. The van der Waals surface area contributed by atoms with Crippen molar-refractivity contribution in [3.05, 3.63) is 0 Å². The summed E-state index contributed by atoms with van der Waals surface area (Å²) in [6, 6.07) is 0. The van der Waals surface area contributed by atoms with Crippen LogP contribution >= 0.6 is 0 Å². The first kappa shape index (κ1) is 12.9. The Hall–Kier alpha value is -1.19. The van der Waals surface area contributed by atoms with Gasteiger partial charge in [0.05, 0.1) is 0 Å². The second-order valence-corrected chi connectivity index (χ2v) is 4.11. The van der Waals surface area contributed by atoms with E-state index in [0.717, 1.165) is 25.7 Å². The molecule has 0 radical (unpaired) electrons. The number of ketones is 2. The molecule has 0 aromatic rings. The number of carbonyl (C=O) groups is 3. The molecule has 0 aliphatic heterocycles. The van der Waals surface area contributed by atoms with Gasteiger partial charge in [-0.3, -0.25) is 14.4 Å². The van der Waals surface area contributed by atoms with Crippen LogP contribution in [-0.2, 0) is 19.1 Å². The van der Waals surface area contributed by atoms with Crippen molar-refractivity contribution in [3.63, 3.8) is 0 Å². The van der Waals surface area contributed by atoms with E-state index in [-0.39, 0.29) is 24.4 Å². The Labute approximate surface area is 95.3 Å². The van der Waals surface area contributed by atoms with E-state index in [1.807, 2.05) is 0 Å². The largest absolute Gasteiger partial charge is 0.446 e. The maximum absolute atomic E-state index is 11.3. The van der Waals surface area contributed by atoms with Gasteiger partial charge in [0, 0.05) is 19.3 Å². The minimum atomic E-state index is -1.10. The molecular formula is C12H18O4. The molecule has 0 aromatic carbocycles. The number of unbranched alkanes of at least 4 members (excludes halogenated alkanes) is 3. The fourth-order valence-electron chi connectivity index (χ4n) is 1.71. The average Bonchev–Trinajstić information content (AvgIpc) is 2.56. The second-order valence-electron chi connectivity index (χ2n) is 4.11. The summed E-state index contributed by atoms with van der Waals surface area (Å²) in [5.74, 6) is -0.941. The topological polar surface area (TPSA) is 60.4 Å². The normalized spacial score (nSPS) is 16.8. The Morgan fingerprint density at radius 2 is 1.81 bits per heavy atom. The third kappa shape index (κ3) is 3.76. The van der Waals surface area contributed by atoms with Crippen molar-refractivity contribution in [2.75, 3.05) is 0 Å². The van der Waals surface area contributed by atoms with E-state index in [9.17, 15) is 14.4 Å². The summed E-state index contributed by atoms with van der Waals surface area (Å²) < 4.78 is 4.88. The predicted molar refractivity (Wildman–Crippen MR) is 57.9 cm³/mol. The van der Waals surface area contributed by atoms with Gasteiger partial charge >= 0.3 is 5.97 Å². The summed E-state index contributed by atoms with van der Waals surface area (Å²) in [5.41, 5.74) is 0. The summed E-state index contributed by atoms with van der Waals surface area (Å²) in [6.07, 6.45) is 3.58. The lowest BCUT2D eigenvalue weighted by atomic mass is 10.1. The van der Waals surface area contributed by atoms with Crippen molar-refractivity contribution in [3.8, 4) is 0 Å². The highest BCUT2D eigenvalue weighted by molar-refractivity contribution is 6.12. The van der Waals surface area contributed by atoms with Crippen LogP contribution in [0.15, 0.2) is 0 Å². The van der Waals surface area contributed by atoms with Gasteiger partial charge in [-0.05, 0) is 6.42 Å². The lowest BCUT2D eigenvalue weighted by Crippen LogP contribution is -2.28. The van der Waals surface area contributed by atoms with Crippen molar-refractivity contribution in [2.45, 2.75) is 58.0 Å². The SMILES string of the molecule is CCCCCCC(=O)OC1C(=O)CCC1=O. The van der Waals surface area contributed by atoms with Crippen molar-refractivity contribution >= 4 is 17.5 Å². The van der Waals surface area contributed by atoms with Crippen LogP contribution in [-0.4, -0.2) is 23.6 Å². The summed E-state index contributed by atoms with van der Waals surface area (Å²) >= 11 is 0. The first-order valence-electron chi connectivity index (χ1n) is 5.90. The summed E-state index contributed by atoms with van der Waals surface area (Å²) in [5, 5.41) is 0. The van der Waals surface area contributed by atoms with E-state index < -0.39 is 12.1 Å². The lowest BCUT2D eigenvalue weighted by molar-refractivity contribution is -0.157. The average molecular weight is 226 g/mol. The molecule has 0 bridgehead atoms. The third-order valence-electron chi connectivity index (χ3n) is 2.69. The maximum atomic E-state index is 11.3. The number of ether oxygens (including phenoxy) is 1. The molecule has 0 saturated heterocycles. The van der Waals surface area contributed by atoms with Gasteiger partial charge in [0.2, 0.25) is 6.10 Å². The fourth-order valence-corrected chi connectivity index (χ4v) is 1.71. The Balaban J connectivity index is 2.23. The Morgan fingerprint density at radius 1 is 1.19 bits per heavy atom. The van der Waals surface area contributed by atoms with Crippen LogP contribution in [0.2, 0.25) is 0 Å². The molecule has 0 atom stereocenters. The van der Waals surface area contributed by atoms with Crippen LogP contribution in [0.3, 0.4) is 0 Å². The van der Waals surface area contributed by atoms with E-state index in [4.69, 9.17) is 4.74 Å². The number of hydrogen-bond donors (Lipinski definition) is 0. The van der Waals surface area contributed by atoms with Crippen LogP contribution in [0.1, 0.15) is 51.9 Å². The first-order valence-corrected chi connectivity index (χ1v) is 5.90. The van der Waals surface area contributed by atoms with Gasteiger partial charge in [-0.1, -0.05) is 26.2 Å². The Morgan fingerprint density at radius 3 is 2.38 bits per heavy atom. The first-order chi connectivity index (χ1) is 7.65. The van der Waals surface area contributed by atoms with Crippen molar-refractivity contribution in [1.82, 2.24) is 0 Å². The molecule has 1 fully saturated rings. The minimum absolute atomic E-state index is 0.215. The van der Waals surface area contributed by atoms with E-state index in [1.165, 1.54) is 0 Å². The van der Waals surface area contributed by atoms with Gasteiger partial charge in [0.15, 0.2) is 11.6 Å². The monoisotopic (exact) mass is 226 g/mol. The summed E-state index contributed by atoms with van der Waals surface area (Å²) in [7, 11) is 0. The van der Waals surface area contributed by atoms with Gasteiger partial charge in [-0.15, -0.1) is 0 Å².